The van der Waals surface area contributed by atoms with E-state index in [1.807, 2.05) is 12.1 Å². The van der Waals surface area contributed by atoms with Gasteiger partial charge in [0.05, 0.1) is 14.2 Å². The van der Waals surface area contributed by atoms with Gasteiger partial charge in [0.15, 0.2) is 17.5 Å². The highest BCUT2D eigenvalue weighted by atomic mass is 127. The van der Waals surface area contributed by atoms with E-state index in [4.69, 9.17) is 14.5 Å². The molecule has 0 heterocycles. The van der Waals surface area contributed by atoms with Gasteiger partial charge in [0, 0.05) is 19.1 Å². The van der Waals surface area contributed by atoms with Crippen LogP contribution in [-0.4, -0.2) is 63.8 Å². The minimum atomic E-state index is 0. The maximum Gasteiger partial charge on any atom is 0.191 e. The Balaban J connectivity index is 0.00000841. The highest BCUT2D eigenvalue weighted by Gasteiger charge is 2.07. The van der Waals surface area contributed by atoms with Crippen molar-refractivity contribution in [2.24, 2.45) is 4.99 Å². The summed E-state index contributed by atoms with van der Waals surface area (Å²) >= 11 is 0. The van der Waals surface area contributed by atoms with Crippen molar-refractivity contribution < 1.29 is 9.47 Å². The van der Waals surface area contributed by atoms with E-state index in [0.29, 0.717) is 6.04 Å². The van der Waals surface area contributed by atoms with E-state index in [2.05, 4.69) is 49.3 Å². The molecule has 0 saturated heterocycles. The first-order valence-electron chi connectivity index (χ1n) is 11.1. The molecule has 0 aromatic heterocycles. The SMILES string of the molecule is CCNC(=NCCCc1ccc(OC)c(OC)c1)NC(C)CCCN(CC)CC.I. The number of halogens is 1. The van der Waals surface area contributed by atoms with Gasteiger partial charge in [-0.25, -0.2) is 0 Å². The van der Waals surface area contributed by atoms with E-state index in [1.165, 1.54) is 12.0 Å². The molecule has 0 amide bonds. The van der Waals surface area contributed by atoms with Gasteiger partial charge in [0.2, 0.25) is 0 Å². The Kier molecular flexibility index (Phi) is 16.7. The van der Waals surface area contributed by atoms with Crippen molar-refractivity contribution in [3.63, 3.8) is 0 Å². The molecule has 174 valence electrons. The molecule has 6 nitrogen and oxygen atoms in total. The van der Waals surface area contributed by atoms with Gasteiger partial charge in [0.1, 0.15) is 0 Å². The van der Waals surface area contributed by atoms with Crippen LogP contribution in [0.15, 0.2) is 23.2 Å². The molecule has 0 aliphatic rings. The molecule has 0 fully saturated rings. The Bertz CT molecular complexity index is 595. The largest absolute Gasteiger partial charge is 0.493 e. The summed E-state index contributed by atoms with van der Waals surface area (Å²) in [7, 11) is 3.33. The predicted molar refractivity (Wildman–Crippen MR) is 139 cm³/mol. The number of aryl methyl sites for hydroxylation is 1. The standard InChI is InChI=1S/C23H42N4O2.HI/c1-7-24-23(26-19(4)12-11-17-27(8-2)9-3)25-16-10-13-20-14-15-21(28-5)22(18-20)29-6;/h14-15,18-19H,7-13,16-17H2,1-6H3,(H2,24,25,26);1H. The van der Waals surface area contributed by atoms with Crippen LogP contribution in [0.25, 0.3) is 0 Å². The summed E-state index contributed by atoms with van der Waals surface area (Å²) in [5, 5.41) is 6.90. The highest BCUT2D eigenvalue weighted by Crippen LogP contribution is 2.27. The number of hydrogen-bond donors (Lipinski definition) is 2. The van der Waals surface area contributed by atoms with Gasteiger partial charge < -0.3 is 25.0 Å². The van der Waals surface area contributed by atoms with Crippen LogP contribution >= 0.6 is 24.0 Å². The lowest BCUT2D eigenvalue weighted by Gasteiger charge is -2.21. The molecule has 2 N–H and O–H groups in total. The monoisotopic (exact) mass is 534 g/mol. The topological polar surface area (TPSA) is 58.1 Å². The van der Waals surface area contributed by atoms with Crippen molar-refractivity contribution in [2.75, 3.05) is 46.9 Å². The van der Waals surface area contributed by atoms with Crippen LogP contribution in [0, 0.1) is 0 Å². The van der Waals surface area contributed by atoms with Crippen LogP contribution in [0.5, 0.6) is 11.5 Å². The summed E-state index contributed by atoms with van der Waals surface area (Å²) < 4.78 is 10.7. The van der Waals surface area contributed by atoms with E-state index < -0.39 is 0 Å². The van der Waals surface area contributed by atoms with Gasteiger partial charge in [-0.3, -0.25) is 4.99 Å². The second kappa shape index (κ2) is 17.5. The number of guanidine groups is 1. The number of aliphatic imine (C=N–C) groups is 1. The smallest absolute Gasteiger partial charge is 0.191 e. The van der Waals surface area contributed by atoms with Crippen LogP contribution in [0.4, 0.5) is 0 Å². The van der Waals surface area contributed by atoms with Crippen LogP contribution in [0.1, 0.15) is 52.5 Å². The van der Waals surface area contributed by atoms with E-state index in [9.17, 15) is 0 Å². The lowest BCUT2D eigenvalue weighted by molar-refractivity contribution is 0.292. The lowest BCUT2D eigenvalue weighted by Crippen LogP contribution is -2.42. The summed E-state index contributed by atoms with van der Waals surface area (Å²) in [5.41, 5.74) is 1.24. The molecule has 0 bridgehead atoms. The molecule has 7 heteroatoms. The third-order valence-electron chi connectivity index (χ3n) is 5.07. The van der Waals surface area contributed by atoms with Crippen molar-refractivity contribution in [1.29, 1.82) is 0 Å². The van der Waals surface area contributed by atoms with Crippen molar-refractivity contribution in [1.82, 2.24) is 15.5 Å². The zero-order chi connectivity index (χ0) is 21.5. The van der Waals surface area contributed by atoms with E-state index in [0.717, 1.165) is 69.4 Å². The van der Waals surface area contributed by atoms with Gasteiger partial charge in [-0.2, -0.15) is 0 Å². The number of hydrogen-bond acceptors (Lipinski definition) is 4. The van der Waals surface area contributed by atoms with Crippen molar-refractivity contribution in [3.05, 3.63) is 23.8 Å². The van der Waals surface area contributed by atoms with Crippen LogP contribution in [-0.2, 0) is 6.42 Å². The molecule has 0 spiro atoms. The van der Waals surface area contributed by atoms with Crippen LogP contribution < -0.4 is 20.1 Å². The lowest BCUT2D eigenvalue weighted by atomic mass is 10.1. The fourth-order valence-electron chi connectivity index (χ4n) is 3.30. The van der Waals surface area contributed by atoms with Crippen molar-refractivity contribution in [2.45, 2.75) is 59.4 Å². The summed E-state index contributed by atoms with van der Waals surface area (Å²) in [4.78, 5) is 7.22. The van der Waals surface area contributed by atoms with Crippen molar-refractivity contribution >= 4 is 29.9 Å². The quantitative estimate of drug-likeness (QED) is 0.161. The molecule has 1 aromatic carbocycles. The maximum absolute atomic E-state index is 5.38. The first-order valence-corrected chi connectivity index (χ1v) is 11.1. The molecule has 0 aliphatic carbocycles. The summed E-state index contributed by atoms with van der Waals surface area (Å²) in [6, 6.07) is 6.51. The fourth-order valence-corrected chi connectivity index (χ4v) is 3.30. The van der Waals surface area contributed by atoms with Gasteiger partial charge in [0.25, 0.3) is 0 Å². The molecule has 1 unspecified atom stereocenters. The predicted octanol–water partition coefficient (Wildman–Crippen LogP) is 4.32. The number of ether oxygens (including phenoxy) is 2. The zero-order valence-electron chi connectivity index (χ0n) is 19.8. The van der Waals surface area contributed by atoms with E-state index in [1.54, 1.807) is 14.2 Å². The first-order chi connectivity index (χ1) is 14.1. The van der Waals surface area contributed by atoms with E-state index >= 15 is 0 Å². The summed E-state index contributed by atoms with van der Waals surface area (Å²) in [5.74, 6) is 2.46. The minimum absolute atomic E-state index is 0. The molecule has 1 atom stereocenters. The molecular weight excluding hydrogens is 491 g/mol. The Morgan fingerprint density at radius 1 is 1.07 bits per heavy atom. The normalized spacial score (nSPS) is 12.3. The average Bonchev–Trinajstić information content (AvgIpc) is 2.74. The Labute approximate surface area is 201 Å². The van der Waals surface area contributed by atoms with Gasteiger partial charge in [-0.15, -0.1) is 24.0 Å². The number of methoxy groups -OCH3 is 2. The fraction of sp³-hybridized carbons (Fsp3) is 0.696. The van der Waals surface area contributed by atoms with E-state index in [-0.39, 0.29) is 24.0 Å². The van der Waals surface area contributed by atoms with Crippen LogP contribution in [0.3, 0.4) is 0 Å². The maximum atomic E-state index is 5.38. The van der Waals surface area contributed by atoms with Gasteiger partial charge in [-0.05, 0) is 76.9 Å². The third kappa shape index (κ3) is 11.2. The molecule has 1 aromatic rings. The molecule has 30 heavy (non-hydrogen) atoms. The molecule has 0 saturated carbocycles. The molecule has 1 rings (SSSR count). The first kappa shape index (κ1) is 28.8. The Morgan fingerprint density at radius 3 is 2.37 bits per heavy atom. The highest BCUT2D eigenvalue weighted by molar-refractivity contribution is 14.0. The van der Waals surface area contributed by atoms with Crippen molar-refractivity contribution in [3.8, 4) is 11.5 Å². The summed E-state index contributed by atoms with van der Waals surface area (Å²) in [6.07, 6.45) is 4.30. The zero-order valence-corrected chi connectivity index (χ0v) is 22.1. The second-order valence-corrected chi connectivity index (χ2v) is 7.27. The minimum Gasteiger partial charge on any atom is -0.493 e. The Hall–Kier alpha value is -1.22. The molecular formula is C23H43IN4O2. The summed E-state index contributed by atoms with van der Waals surface area (Å²) in [6.45, 7) is 13.9. The van der Waals surface area contributed by atoms with Gasteiger partial charge >= 0.3 is 0 Å². The van der Waals surface area contributed by atoms with Gasteiger partial charge in [-0.1, -0.05) is 19.9 Å². The second-order valence-electron chi connectivity index (χ2n) is 7.27. The molecule has 0 aliphatic heterocycles. The number of nitrogens with one attached hydrogen (secondary N) is 2. The average molecular weight is 535 g/mol. The third-order valence-corrected chi connectivity index (χ3v) is 5.07. The Morgan fingerprint density at radius 2 is 1.77 bits per heavy atom. The molecule has 0 radical (unpaired) electrons. The number of benzene rings is 1. The number of rotatable bonds is 14. The van der Waals surface area contributed by atoms with Crippen LogP contribution in [0.2, 0.25) is 0 Å². The number of nitrogens with zero attached hydrogens (tertiary/aromatic N) is 2.